The molecule has 1 aliphatic rings. The summed E-state index contributed by atoms with van der Waals surface area (Å²) in [6.45, 7) is 1.28. The van der Waals surface area contributed by atoms with Gasteiger partial charge < -0.3 is 14.5 Å². The number of nitrogens with one attached hydrogen (secondary N) is 2. The SMILES string of the molecule is O=S(=O)(NC1CCCN(c2cc(-n3ccnc3)c3ccc(Cl)cc3n2)C1)c1ncc[nH]1. The van der Waals surface area contributed by atoms with Crippen LogP contribution in [0, 0.1) is 0 Å². The molecule has 0 radical (unpaired) electrons. The second-order valence-corrected chi connectivity index (χ2v) is 9.50. The van der Waals surface area contributed by atoms with E-state index in [-0.39, 0.29) is 11.2 Å². The molecule has 1 aromatic carbocycles. The van der Waals surface area contributed by atoms with Crippen LogP contribution in [0.2, 0.25) is 5.02 Å². The summed E-state index contributed by atoms with van der Waals surface area (Å²) in [5.74, 6) is 0.764. The van der Waals surface area contributed by atoms with Crippen molar-refractivity contribution in [1.29, 1.82) is 0 Å². The van der Waals surface area contributed by atoms with Crippen molar-refractivity contribution in [3.63, 3.8) is 0 Å². The molecular formula is C20H20ClN7O2S. The maximum absolute atomic E-state index is 12.6. The van der Waals surface area contributed by atoms with E-state index in [4.69, 9.17) is 16.6 Å². The molecule has 2 N–H and O–H groups in total. The van der Waals surface area contributed by atoms with Crippen LogP contribution in [0.4, 0.5) is 5.82 Å². The summed E-state index contributed by atoms with van der Waals surface area (Å²) in [7, 11) is -3.70. The van der Waals surface area contributed by atoms with Crippen molar-refractivity contribution in [1.82, 2.24) is 29.2 Å². The number of fused-ring (bicyclic) bond motifs is 1. The first-order chi connectivity index (χ1) is 15.0. The largest absolute Gasteiger partial charge is 0.355 e. The number of imidazole rings is 2. The van der Waals surface area contributed by atoms with Crippen LogP contribution in [0.25, 0.3) is 16.6 Å². The third kappa shape index (κ3) is 4.01. The molecule has 160 valence electrons. The van der Waals surface area contributed by atoms with Crippen LogP contribution >= 0.6 is 11.6 Å². The van der Waals surface area contributed by atoms with Crippen molar-refractivity contribution in [3.8, 4) is 5.69 Å². The Kier molecular flexibility index (Phi) is 5.12. The molecule has 0 spiro atoms. The second kappa shape index (κ2) is 7.95. The number of anilines is 1. The number of nitrogens with zero attached hydrogens (tertiary/aromatic N) is 5. The van der Waals surface area contributed by atoms with Crippen LogP contribution < -0.4 is 9.62 Å². The molecule has 0 saturated carbocycles. The average molecular weight is 458 g/mol. The van der Waals surface area contributed by atoms with Crippen molar-refractivity contribution in [2.75, 3.05) is 18.0 Å². The fourth-order valence-electron chi connectivity index (χ4n) is 3.90. The summed E-state index contributed by atoms with van der Waals surface area (Å²) in [5.41, 5.74) is 1.71. The van der Waals surface area contributed by atoms with Crippen LogP contribution in [0.1, 0.15) is 12.8 Å². The van der Waals surface area contributed by atoms with Gasteiger partial charge in [-0.15, -0.1) is 0 Å². The number of piperidine rings is 1. The molecule has 1 aliphatic heterocycles. The van der Waals surface area contributed by atoms with Crippen LogP contribution in [0.15, 0.2) is 60.5 Å². The standard InChI is InChI=1S/C20H20ClN7O2S/c21-14-3-4-16-17(10-14)25-19(11-18(16)28-9-7-22-13-28)27-8-1-2-15(12-27)26-31(29,30)20-23-5-6-24-20/h3-7,9-11,13,15,26H,1-2,8,12H2,(H,23,24). The molecule has 1 fully saturated rings. The third-order valence-electron chi connectivity index (χ3n) is 5.31. The smallest absolute Gasteiger partial charge is 0.274 e. The first-order valence-electron chi connectivity index (χ1n) is 9.85. The topological polar surface area (TPSA) is 109 Å². The zero-order valence-corrected chi connectivity index (χ0v) is 18.0. The van der Waals surface area contributed by atoms with E-state index in [0.29, 0.717) is 11.6 Å². The highest BCUT2D eigenvalue weighted by atomic mass is 35.5. The summed E-state index contributed by atoms with van der Waals surface area (Å²) < 4.78 is 29.8. The highest BCUT2D eigenvalue weighted by Gasteiger charge is 2.27. The van der Waals surface area contributed by atoms with Gasteiger partial charge in [-0.25, -0.2) is 28.1 Å². The summed E-state index contributed by atoms with van der Waals surface area (Å²) in [4.78, 5) is 17.6. The minimum atomic E-state index is -3.70. The first kappa shape index (κ1) is 20.0. The van der Waals surface area contributed by atoms with Gasteiger partial charge in [-0.3, -0.25) is 0 Å². The Hall–Kier alpha value is -2.95. The summed E-state index contributed by atoms with van der Waals surface area (Å²) in [6, 6.07) is 7.37. The lowest BCUT2D eigenvalue weighted by molar-refractivity contribution is 0.462. The van der Waals surface area contributed by atoms with Crippen LogP contribution in [0.3, 0.4) is 0 Å². The van der Waals surface area contributed by atoms with Gasteiger partial charge in [-0.05, 0) is 31.0 Å². The molecule has 4 aromatic rings. The normalized spacial score (nSPS) is 17.3. The number of benzene rings is 1. The number of rotatable bonds is 5. The first-order valence-corrected chi connectivity index (χ1v) is 11.7. The molecule has 11 heteroatoms. The predicted molar refractivity (Wildman–Crippen MR) is 118 cm³/mol. The van der Waals surface area contributed by atoms with Crippen molar-refractivity contribution in [2.45, 2.75) is 24.0 Å². The van der Waals surface area contributed by atoms with Crippen LogP contribution in [-0.4, -0.2) is 52.1 Å². The summed E-state index contributed by atoms with van der Waals surface area (Å²) >= 11 is 6.22. The highest BCUT2D eigenvalue weighted by molar-refractivity contribution is 7.89. The van der Waals surface area contributed by atoms with E-state index in [1.165, 1.54) is 12.4 Å². The van der Waals surface area contributed by atoms with Gasteiger partial charge in [0.15, 0.2) is 0 Å². The number of aromatic amines is 1. The Bertz CT molecular complexity index is 1310. The van der Waals surface area contributed by atoms with E-state index in [0.717, 1.165) is 41.8 Å². The lowest BCUT2D eigenvalue weighted by Gasteiger charge is -2.34. The van der Waals surface area contributed by atoms with Gasteiger partial charge in [0, 0.05) is 60.4 Å². The van der Waals surface area contributed by atoms with Crippen LogP contribution in [-0.2, 0) is 10.0 Å². The number of hydrogen-bond acceptors (Lipinski definition) is 6. The van der Waals surface area contributed by atoms with E-state index in [9.17, 15) is 8.42 Å². The number of hydrogen-bond donors (Lipinski definition) is 2. The van der Waals surface area contributed by atoms with E-state index in [1.807, 2.05) is 35.0 Å². The van der Waals surface area contributed by atoms with E-state index >= 15 is 0 Å². The molecule has 4 heterocycles. The predicted octanol–water partition coefficient (Wildman–Crippen LogP) is 2.74. The number of sulfonamides is 1. The zero-order valence-electron chi connectivity index (χ0n) is 16.4. The van der Waals surface area contributed by atoms with E-state index < -0.39 is 10.0 Å². The maximum atomic E-state index is 12.6. The molecule has 5 rings (SSSR count). The molecule has 0 amide bonds. The molecule has 9 nitrogen and oxygen atoms in total. The maximum Gasteiger partial charge on any atom is 0.274 e. The van der Waals surface area contributed by atoms with Crippen LogP contribution in [0.5, 0.6) is 0 Å². The van der Waals surface area contributed by atoms with Crippen molar-refractivity contribution in [2.24, 2.45) is 0 Å². The molecule has 3 aromatic heterocycles. The highest BCUT2D eigenvalue weighted by Crippen LogP contribution is 2.29. The van der Waals surface area contributed by atoms with Gasteiger partial charge >= 0.3 is 0 Å². The number of H-pyrrole nitrogens is 1. The minimum absolute atomic E-state index is 0.0783. The van der Waals surface area contributed by atoms with Gasteiger partial charge in [0.05, 0.1) is 17.5 Å². The van der Waals surface area contributed by atoms with Gasteiger partial charge in [0.25, 0.3) is 10.0 Å². The van der Waals surface area contributed by atoms with Crippen molar-refractivity contribution < 1.29 is 8.42 Å². The Morgan fingerprint density at radius 3 is 2.90 bits per heavy atom. The minimum Gasteiger partial charge on any atom is -0.355 e. The van der Waals surface area contributed by atoms with Gasteiger partial charge in [-0.1, -0.05) is 11.6 Å². The Morgan fingerprint density at radius 2 is 2.13 bits per heavy atom. The van der Waals surface area contributed by atoms with Crippen molar-refractivity contribution >= 4 is 38.3 Å². The van der Waals surface area contributed by atoms with E-state index in [2.05, 4.69) is 24.6 Å². The molecule has 31 heavy (non-hydrogen) atoms. The van der Waals surface area contributed by atoms with E-state index in [1.54, 1.807) is 12.5 Å². The van der Waals surface area contributed by atoms with Gasteiger partial charge in [-0.2, -0.15) is 0 Å². The molecule has 1 unspecified atom stereocenters. The molecular weight excluding hydrogens is 438 g/mol. The van der Waals surface area contributed by atoms with Gasteiger partial charge in [0.2, 0.25) is 5.16 Å². The fraction of sp³-hybridized carbons (Fsp3) is 0.250. The number of aromatic nitrogens is 5. The fourth-order valence-corrected chi connectivity index (χ4v) is 5.23. The molecule has 0 aliphatic carbocycles. The third-order valence-corrected chi connectivity index (χ3v) is 6.93. The number of pyridine rings is 1. The average Bonchev–Trinajstić information content (AvgIpc) is 3.47. The second-order valence-electron chi connectivity index (χ2n) is 7.43. The summed E-state index contributed by atoms with van der Waals surface area (Å²) in [5, 5.41) is 1.49. The zero-order chi connectivity index (χ0) is 21.4. The molecule has 0 bridgehead atoms. The lowest BCUT2D eigenvalue weighted by Crippen LogP contribution is -2.48. The summed E-state index contributed by atoms with van der Waals surface area (Å²) in [6.07, 6.45) is 9.83. The quantitative estimate of drug-likeness (QED) is 0.477. The Morgan fingerprint density at radius 1 is 1.23 bits per heavy atom. The van der Waals surface area contributed by atoms with Crippen molar-refractivity contribution in [3.05, 3.63) is 60.4 Å². The Labute approximate surface area is 184 Å². The molecule has 1 saturated heterocycles. The van der Waals surface area contributed by atoms with Gasteiger partial charge in [0.1, 0.15) is 5.82 Å². The number of halogens is 1. The monoisotopic (exact) mass is 457 g/mol. The lowest BCUT2D eigenvalue weighted by atomic mass is 10.1. The molecule has 1 atom stereocenters. The Balaban J connectivity index is 1.47.